The van der Waals surface area contributed by atoms with Gasteiger partial charge in [-0.15, -0.1) is 0 Å². The molecule has 3 aliphatic rings. The van der Waals surface area contributed by atoms with Crippen LogP contribution in [0.4, 0.5) is 0 Å². The smallest absolute Gasteiger partial charge is 0.309 e. The van der Waals surface area contributed by atoms with Gasteiger partial charge >= 0.3 is 5.97 Å². The van der Waals surface area contributed by atoms with Crippen LogP contribution in [0.3, 0.4) is 0 Å². The minimum absolute atomic E-state index is 0.00806. The maximum Gasteiger partial charge on any atom is 0.309 e. The van der Waals surface area contributed by atoms with Crippen molar-refractivity contribution in [3.05, 3.63) is 46.5 Å². The number of nitrogens with zero attached hydrogens (tertiary/aromatic N) is 1. The molecule has 5 heteroatoms. The van der Waals surface area contributed by atoms with Gasteiger partial charge in [-0.3, -0.25) is 9.59 Å². The number of rotatable bonds is 3. The molecule has 110 valence electrons. The number of hydrogen-bond acceptors (Lipinski definition) is 3. The summed E-state index contributed by atoms with van der Waals surface area (Å²) in [6.07, 6.45) is 2.48. The molecule has 2 aliphatic heterocycles. The topological polar surface area (TPSA) is 46.6 Å². The van der Waals surface area contributed by atoms with Crippen LogP contribution in [0.2, 0.25) is 0 Å². The number of fused-ring (bicyclic) bond motifs is 2. The molecule has 1 aromatic carbocycles. The van der Waals surface area contributed by atoms with Gasteiger partial charge in [-0.25, -0.2) is 0 Å². The lowest BCUT2D eigenvalue weighted by molar-refractivity contribution is -0.158. The Morgan fingerprint density at radius 1 is 1.38 bits per heavy atom. The number of methoxy groups -OCH3 is 1. The van der Waals surface area contributed by atoms with Crippen molar-refractivity contribution in [2.45, 2.75) is 19.0 Å². The summed E-state index contributed by atoms with van der Waals surface area (Å²) in [4.78, 5) is 26.3. The zero-order valence-corrected chi connectivity index (χ0v) is 13.2. The van der Waals surface area contributed by atoms with Gasteiger partial charge in [0, 0.05) is 11.0 Å². The first-order valence-electron chi connectivity index (χ1n) is 6.91. The largest absolute Gasteiger partial charge is 0.469 e. The summed E-state index contributed by atoms with van der Waals surface area (Å²) in [6, 6.07) is 9.81. The third-order valence-corrected chi connectivity index (χ3v) is 5.00. The van der Waals surface area contributed by atoms with Crippen LogP contribution < -0.4 is 0 Å². The van der Waals surface area contributed by atoms with Crippen molar-refractivity contribution >= 4 is 27.8 Å². The average molecular weight is 350 g/mol. The van der Waals surface area contributed by atoms with E-state index in [-0.39, 0.29) is 23.8 Å². The van der Waals surface area contributed by atoms with E-state index in [1.54, 1.807) is 0 Å². The number of halogens is 1. The molecule has 4 rings (SSSR count). The summed E-state index contributed by atoms with van der Waals surface area (Å²) < 4.78 is 5.81. The second-order valence-corrected chi connectivity index (χ2v) is 6.33. The maximum atomic E-state index is 12.6. The minimum atomic E-state index is -0.416. The van der Waals surface area contributed by atoms with Gasteiger partial charge in [-0.2, -0.15) is 0 Å². The molecular weight excluding hydrogens is 334 g/mol. The number of hydrogen-bond donors (Lipinski definition) is 0. The molecule has 1 saturated heterocycles. The summed E-state index contributed by atoms with van der Waals surface area (Å²) in [5.41, 5.74) is 1.09. The Balaban J connectivity index is 1.85. The summed E-state index contributed by atoms with van der Waals surface area (Å²) >= 11 is 3.54. The Kier molecular flexibility index (Phi) is 3.85. The number of carbonyl (C=O) groups is 2. The van der Waals surface area contributed by atoms with Crippen molar-refractivity contribution in [1.29, 1.82) is 0 Å². The van der Waals surface area contributed by atoms with Crippen molar-refractivity contribution < 1.29 is 14.3 Å². The average Bonchev–Trinajstić information content (AvgIpc) is 2.51. The van der Waals surface area contributed by atoms with Crippen molar-refractivity contribution in [2.24, 2.45) is 11.8 Å². The van der Waals surface area contributed by atoms with Crippen LogP contribution in [-0.2, 0) is 20.9 Å². The number of amides is 1. The Morgan fingerprint density at radius 2 is 2.10 bits per heavy atom. The monoisotopic (exact) mass is 349 g/mol. The summed E-state index contributed by atoms with van der Waals surface area (Å²) in [6.45, 7) is 0.567. The Labute approximate surface area is 131 Å². The van der Waals surface area contributed by atoms with E-state index in [1.165, 1.54) is 7.11 Å². The first-order valence-corrected chi connectivity index (χ1v) is 7.70. The standard InChI is InChI=1S/C16H16BrNO3/c1-21-16(20)12-8-14-13(17)7-11(12)15(19)18(14)9-10-5-3-2-4-6-10/h2-7,11-12,14H,8-9H2,1H3/t11-,12+,14-/m1/s1. The fourth-order valence-electron chi connectivity index (χ4n) is 3.13. The van der Waals surface area contributed by atoms with Gasteiger partial charge in [0.1, 0.15) is 0 Å². The van der Waals surface area contributed by atoms with Gasteiger partial charge in [-0.05, 0) is 12.0 Å². The first kappa shape index (κ1) is 14.3. The molecule has 0 radical (unpaired) electrons. The highest BCUT2D eigenvalue weighted by atomic mass is 79.9. The minimum Gasteiger partial charge on any atom is -0.469 e. The lowest BCUT2D eigenvalue weighted by Crippen LogP contribution is -2.55. The molecular formula is C16H16BrNO3. The molecule has 0 unspecified atom stereocenters. The van der Waals surface area contributed by atoms with Gasteiger partial charge in [0.2, 0.25) is 5.91 Å². The molecule has 21 heavy (non-hydrogen) atoms. The molecule has 2 heterocycles. The van der Waals surface area contributed by atoms with E-state index < -0.39 is 5.92 Å². The SMILES string of the molecule is COC(=O)[C@H]1C[C@@H]2C(Br)=C[C@H]1C(=O)N2Cc1ccccc1. The number of piperidine rings is 1. The molecule has 0 spiro atoms. The van der Waals surface area contributed by atoms with Crippen LogP contribution in [0.5, 0.6) is 0 Å². The van der Waals surface area contributed by atoms with E-state index in [9.17, 15) is 9.59 Å². The van der Waals surface area contributed by atoms with Crippen LogP contribution in [-0.4, -0.2) is 29.9 Å². The van der Waals surface area contributed by atoms with Crippen LogP contribution in [0, 0.1) is 11.8 Å². The summed E-state index contributed by atoms with van der Waals surface area (Å²) in [5, 5.41) is 0. The van der Waals surface area contributed by atoms with Crippen molar-refractivity contribution in [3.8, 4) is 0 Å². The second-order valence-electron chi connectivity index (χ2n) is 5.41. The normalized spacial score (nSPS) is 27.5. The Bertz CT molecular complexity index is 599. The van der Waals surface area contributed by atoms with Gasteiger partial charge in [0.05, 0.1) is 25.0 Å². The van der Waals surface area contributed by atoms with E-state index in [0.717, 1.165) is 10.0 Å². The van der Waals surface area contributed by atoms with Gasteiger partial charge in [0.25, 0.3) is 0 Å². The molecule has 2 bridgehead atoms. The van der Waals surface area contributed by atoms with Crippen LogP contribution in [0.25, 0.3) is 0 Å². The Hall–Kier alpha value is -1.62. The highest BCUT2D eigenvalue weighted by molar-refractivity contribution is 9.11. The molecule has 4 nitrogen and oxygen atoms in total. The molecule has 1 aliphatic carbocycles. The maximum absolute atomic E-state index is 12.6. The fraction of sp³-hybridized carbons (Fsp3) is 0.375. The van der Waals surface area contributed by atoms with E-state index in [4.69, 9.17) is 4.74 Å². The third-order valence-electron chi connectivity index (χ3n) is 4.21. The van der Waals surface area contributed by atoms with Crippen LogP contribution in [0.1, 0.15) is 12.0 Å². The highest BCUT2D eigenvalue weighted by Crippen LogP contribution is 2.42. The van der Waals surface area contributed by atoms with E-state index >= 15 is 0 Å². The highest BCUT2D eigenvalue weighted by Gasteiger charge is 2.49. The van der Waals surface area contributed by atoms with Gasteiger partial charge in [0.15, 0.2) is 0 Å². The predicted octanol–water partition coefficient (Wildman–Crippen LogP) is 2.49. The van der Waals surface area contributed by atoms with Crippen molar-refractivity contribution in [1.82, 2.24) is 4.90 Å². The number of benzene rings is 1. The van der Waals surface area contributed by atoms with E-state index in [0.29, 0.717) is 13.0 Å². The fourth-order valence-corrected chi connectivity index (χ4v) is 3.84. The molecule has 1 amide bonds. The number of carbonyl (C=O) groups excluding carboxylic acids is 2. The molecule has 1 fully saturated rings. The first-order chi connectivity index (χ1) is 10.1. The predicted molar refractivity (Wildman–Crippen MR) is 81.4 cm³/mol. The van der Waals surface area contributed by atoms with Gasteiger partial charge in [-0.1, -0.05) is 52.3 Å². The Morgan fingerprint density at radius 3 is 2.76 bits per heavy atom. The lowest BCUT2D eigenvalue weighted by atomic mass is 9.76. The van der Waals surface area contributed by atoms with Crippen molar-refractivity contribution in [3.63, 3.8) is 0 Å². The number of ether oxygens (including phenoxy) is 1. The summed E-state index contributed by atoms with van der Waals surface area (Å²) in [5.74, 6) is -1.07. The lowest BCUT2D eigenvalue weighted by Gasteiger charge is -2.46. The molecule has 3 atom stereocenters. The molecule has 1 aromatic rings. The molecule has 0 saturated carbocycles. The van der Waals surface area contributed by atoms with Crippen LogP contribution in [0.15, 0.2) is 40.9 Å². The van der Waals surface area contributed by atoms with E-state index in [2.05, 4.69) is 15.9 Å². The quantitative estimate of drug-likeness (QED) is 0.787. The third kappa shape index (κ3) is 2.50. The van der Waals surface area contributed by atoms with Gasteiger partial charge < -0.3 is 9.64 Å². The second kappa shape index (κ2) is 5.64. The van der Waals surface area contributed by atoms with E-state index in [1.807, 2.05) is 41.3 Å². The van der Waals surface area contributed by atoms with Crippen molar-refractivity contribution in [2.75, 3.05) is 7.11 Å². The zero-order valence-electron chi connectivity index (χ0n) is 11.7. The van der Waals surface area contributed by atoms with Crippen LogP contribution >= 0.6 is 15.9 Å². The zero-order chi connectivity index (χ0) is 15.0. The molecule has 0 aromatic heterocycles. The number of esters is 1. The summed E-state index contributed by atoms with van der Waals surface area (Å²) in [7, 11) is 1.37. The molecule has 0 N–H and O–H groups in total.